The van der Waals surface area contributed by atoms with Gasteiger partial charge in [0.05, 0.1) is 30.5 Å². The van der Waals surface area contributed by atoms with Crippen molar-refractivity contribution in [3.05, 3.63) is 34.4 Å². The number of nitro groups is 1. The predicted octanol–water partition coefficient (Wildman–Crippen LogP) is 0.710. The fourth-order valence-electron chi connectivity index (χ4n) is 2.91. The van der Waals surface area contributed by atoms with E-state index in [4.69, 9.17) is 4.74 Å². The van der Waals surface area contributed by atoms with Gasteiger partial charge < -0.3 is 9.47 Å². The van der Waals surface area contributed by atoms with Crippen LogP contribution in [0.15, 0.2) is 29.2 Å². The van der Waals surface area contributed by atoms with E-state index in [-0.39, 0.29) is 30.0 Å². The maximum Gasteiger partial charge on any atom is 0.324 e. The minimum absolute atomic E-state index is 0.0146. The van der Waals surface area contributed by atoms with Gasteiger partial charge in [-0.15, -0.1) is 0 Å². The lowest BCUT2D eigenvalue weighted by molar-refractivity contribution is -0.384. The number of nitrogens with zero attached hydrogens (tertiary/aromatic N) is 2. The summed E-state index contributed by atoms with van der Waals surface area (Å²) in [5, 5.41) is 10.7. The predicted molar refractivity (Wildman–Crippen MR) is 87.5 cm³/mol. The Morgan fingerprint density at radius 3 is 2.35 bits per heavy atom. The highest BCUT2D eigenvalue weighted by atomic mass is 32.2. The molecule has 0 bridgehead atoms. The molecule has 0 unspecified atom stereocenters. The van der Waals surface area contributed by atoms with E-state index in [1.54, 1.807) is 0 Å². The second kappa shape index (κ2) is 7.79. The van der Waals surface area contributed by atoms with Crippen LogP contribution in [0.25, 0.3) is 0 Å². The zero-order valence-electron chi connectivity index (χ0n) is 14.2. The van der Waals surface area contributed by atoms with Crippen LogP contribution in [0.4, 0.5) is 5.69 Å². The van der Waals surface area contributed by atoms with E-state index in [9.17, 15) is 28.1 Å². The number of carbonyl (C=O) groups excluding carboxylic acids is 2. The Bertz CT molecular complexity index is 805. The van der Waals surface area contributed by atoms with Gasteiger partial charge >= 0.3 is 11.9 Å². The van der Waals surface area contributed by atoms with E-state index < -0.39 is 38.8 Å². The topological polar surface area (TPSA) is 133 Å². The van der Waals surface area contributed by atoms with Crippen LogP contribution in [0, 0.1) is 16.0 Å². The molecule has 26 heavy (non-hydrogen) atoms. The van der Waals surface area contributed by atoms with Crippen LogP contribution in [0.1, 0.15) is 12.8 Å². The van der Waals surface area contributed by atoms with Gasteiger partial charge in [0.1, 0.15) is 6.04 Å². The summed E-state index contributed by atoms with van der Waals surface area (Å²) in [5.74, 6) is -1.91. The average Bonchev–Trinajstić information content (AvgIpc) is 3.05. The highest BCUT2D eigenvalue weighted by Crippen LogP contribution is 2.33. The van der Waals surface area contributed by atoms with Crippen molar-refractivity contribution < 1.29 is 32.4 Å². The molecule has 2 atom stereocenters. The van der Waals surface area contributed by atoms with Crippen molar-refractivity contribution in [2.24, 2.45) is 5.92 Å². The van der Waals surface area contributed by atoms with Crippen LogP contribution in [-0.2, 0) is 29.1 Å². The molecule has 0 radical (unpaired) electrons. The molecule has 1 aliphatic rings. The molecule has 0 aromatic heterocycles. The summed E-state index contributed by atoms with van der Waals surface area (Å²) in [6.07, 6.45) is 0.156. The number of ether oxygens (including phenoxy) is 2. The number of esters is 2. The lowest BCUT2D eigenvalue weighted by Gasteiger charge is -2.25. The Kier molecular flexibility index (Phi) is 5.93. The maximum absolute atomic E-state index is 12.9. The minimum Gasteiger partial charge on any atom is -0.469 e. The molecule has 1 aromatic rings. The summed E-state index contributed by atoms with van der Waals surface area (Å²) in [4.78, 5) is 33.6. The third-order valence-electron chi connectivity index (χ3n) is 4.23. The molecule has 2 rings (SSSR count). The minimum atomic E-state index is -4.10. The lowest BCUT2D eigenvalue weighted by atomic mass is 9.97. The van der Waals surface area contributed by atoms with Crippen molar-refractivity contribution in [3.8, 4) is 0 Å². The second-order valence-corrected chi connectivity index (χ2v) is 7.55. The fourth-order valence-corrected chi connectivity index (χ4v) is 4.57. The number of rotatable bonds is 6. The Morgan fingerprint density at radius 1 is 1.23 bits per heavy atom. The maximum atomic E-state index is 12.9. The molecule has 1 fully saturated rings. The van der Waals surface area contributed by atoms with E-state index in [0.29, 0.717) is 0 Å². The molecular weight excluding hydrogens is 368 g/mol. The number of nitro benzene ring substituents is 1. The average molecular weight is 386 g/mol. The van der Waals surface area contributed by atoms with Gasteiger partial charge in [-0.3, -0.25) is 19.7 Å². The fraction of sp³-hybridized carbons (Fsp3) is 0.467. The molecule has 0 aliphatic carbocycles. The highest BCUT2D eigenvalue weighted by molar-refractivity contribution is 7.89. The number of hydrogen-bond donors (Lipinski definition) is 0. The van der Waals surface area contributed by atoms with E-state index >= 15 is 0 Å². The molecule has 0 N–H and O–H groups in total. The van der Waals surface area contributed by atoms with Crippen LogP contribution in [0.3, 0.4) is 0 Å². The Balaban J connectivity index is 2.35. The molecule has 1 heterocycles. The highest BCUT2D eigenvalue weighted by Gasteiger charge is 2.47. The number of benzene rings is 1. The van der Waals surface area contributed by atoms with Gasteiger partial charge in [-0.05, 0) is 24.5 Å². The summed E-state index contributed by atoms with van der Waals surface area (Å²) >= 11 is 0. The summed E-state index contributed by atoms with van der Waals surface area (Å²) in [5.41, 5.74) is -0.251. The third kappa shape index (κ3) is 3.83. The van der Waals surface area contributed by atoms with Crippen LogP contribution in [0.2, 0.25) is 0 Å². The van der Waals surface area contributed by atoms with Gasteiger partial charge in [0.25, 0.3) is 5.69 Å². The van der Waals surface area contributed by atoms with Crippen LogP contribution in [-0.4, -0.2) is 56.4 Å². The van der Waals surface area contributed by atoms with Gasteiger partial charge in [0.2, 0.25) is 10.0 Å². The van der Waals surface area contributed by atoms with Gasteiger partial charge in [-0.1, -0.05) is 0 Å². The quantitative estimate of drug-likeness (QED) is 0.396. The van der Waals surface area contributed by atoms with Gasteiger partial charge in [0.15, 0.2) is 0 Å². The van der Waals surface area contributed by atoms with E-state index in [1.807, 2.05) is 0 Å². The van der Waals surface area contributed by atoms with Crippen molar-refractivity contribution in [3.63, 3.8) is 0 Å². The second-order valence-electron chi connectivity index (χ2n) is 5.66. The molecular formula is C15H18N2O8S. The summed E-state index contributed by atoms with van der Waals surface area (Å²) < 4.78 is 36.0. The molecule has 0 amide bonds. The molecule has 1 saturated heterocycles. The van der Waals surface area contributed by atoms with E-state index in [0.717, 1.165) is 35.7 Å². The molecule has 1 aliphatic heterocycles. The van der Waals surface area contributed by atoms with E-state index in [2.05, 4.69) is 4.74 Å². The first-order valence-electron chi connectivity index (χ1n) is 7.63. The number of methoxy groups -OCH3 is 2. The van der Waals surface area contributed by atoms with Gasteiger partial charge in [-0.25, -0.2) is 8.42 Å². The zero-order chi connectivity index (χ0) is 19.5. The van der Waals surface area contributed by atoms with Crippen LogP contribution >= 0.6 is 0 Å². The Hall–Kier alpha value is -2.53. The summed E-state index contributed by atoms with van der Waals surface area (Å²) in [6, 6.07) is 3.19. The number of non-ortho nitro benzene ring substituents is 1. The van der Waals surface area contributed by atoms with E-state index in [1.165, 1.54) is 7.11 Å². The molecule has 1 aromatic carbocycles. The van der Waals surface area contributed by atoms with Crippen LogP contribution in [0.5, 0.6) is 0 Å². The van der Waals surface area contributed by atoms with Crippen molar-refractivity contribution in [2.45, 2.75) is 23.8 Å². The largest absolute Gasteiger partial charge is 0.469 e. The SMILES string of the molecule is COC(=O)C[C@H]1CCN(S(=O)(=O)c2ccc([N+](=O)[O-])cc2)[C@H]1C(=O)OC. The zero-order valence-corrected chi connectivity index (χ0v) is 15.0. The number of carbonyl (C=O) groups is 2. The Morgan fingerprint density at radius 2 is 1.85 bits per heavy atom. The Labute approximate surface area is 149 Å². The first kappa shape index (κ1) is 19.8. The third-order valence-corrected chi connectivity index (χ3v) is 6.13. The van der Waals surface area contributed by atoms with Crippen molar-refractivity contribution in [1.29, 1.82) is 0 Å². The molecule has 0 saturated carbocycles. The number of sulfonamides is 1. The van der Waals surface area contributed by atoms with Crippen molar-refractivity contribution >= 4 is 27.6 Å². The molecule has 11 heteroatoms. The van der Waals surface area contributed by atoms with Gasteiger partial charge in [-0.2, -0.15) is 4.31 Å². The summed E-state index contributed by atoms with van der Waals surface area (Å²) in [6.45, 7) is 0.0146. The van der Waals surface area contributed by atoms with Crippen molar-refractivity contribution in [1.82, 2.24) is 4.31 Å². The smallest absolute Gasteiger partial charge is 0.324 e. The molecule has 10 nitrogen and oxygen atoms in total. The van der Waals surface area contributed by atoms with Gasteiger partial charge in [0, 0.05) is 18.7 Å². The normalized spacial score (nSPS) is 20.5. The lowest BCUT2D eigenvalue weighted by Crippen LogP contribution is -2.44. The summed E-state index contributed by atoms with van der Waals surface area (Å²) in [7, 11) is -1.77. The first-order valence-corrected chi connectivity index (χ1v) is 9.07. The van der Waals surface area contributed by atoms with Crippen LogP contribution < -0.4 is 0 Å². The monoisotopic (exact) mass is 386 g/mol. The molecule has 142 valence electrons. The number of hydrogen-bond acceptors (Lipinski definition) is 8. The first-order chi connectivity index (χ1) is 12.2. The molecule has 0 spiro atoms. The van der Waals surface area contributed by atoms with Crippen molar-refractivity contribution in [2.75, 3.05) is 20.8 Å². The standard InChI is InChI=1S/C15H18N2O8S/c1-24-13(18)9-10-7-8-16(14(10)15(19)25-2)26(22,23)12-5-3-11(4-6-12)17(20)21/h3-6,10,14H,7-9H2,1-2H3/t10-,14-/m1/s1.